The normalized spacial score (nSPS) is 11.4. The zero-order chi connectivity index (χ0) is 15.3. The summed E-state index contributed by atoms with van der Waals surface area (Å²) in [6.45, 7) is 9.88. The van der Waals surface area contributed by atoms with Crippen LogP contribution in [0.25, 0.3) is 0 Å². The molecule has 0 aliphatic heterocycles. The van der Waals surface area contributed by atoms with Crippen molar-refractivity contribution in [1.82, 2.24) is 4.90 Å². The molecule has 20 heavy (non-hydrogen) atoms. The first-order valence-corrected chi connectivity index (χ1v) is 7.03. The number of benzene rings is 1. The van der Waals surface area contributed by atoms with Crippen molar-refractivity contribution in [3.05, 3.63) is 33.3 Å². The number of halogens is 1. The summed E-state index contributed by atoms with van der Waals surface area (Å²) in [7, 11) is 0. The molecule has 112 valence electrons. The van der Waals surface area contributed by atoms with Gasteiger partial charge in [0.1, 0.15) is 17.4 Å². The molecule has 0 fully saturated rings. The molecule has 0 bridgehead atoms. The summed E-state index contributed by atoms with van der Waals surface area (Å²) >= 11 is 5.83. The highest BCUT2D eigenvalue weighted by atomic mass is 35.5. The van der Waals surface area contributed by atoms with Gasteiger partial charge < -0.3 is 4.74 Å². The van der Waals surface area contributed by atoms with E-state index in [1.807, 2.05) is 0 Å². The molecule has 1 rings (SSSR count). The van der Waals surface area contributed by atoms with Gasteiger partial charge in [0.05, 0.1) is 4.92 Å². The summed E-state index contributed by atoms with van der Waals surface area (Å²) in [5, 5.41) is 10.8. The van der Waals surface area contributed by atoms with Crippen molar-refractivity contribution in [3.63, 3.8) is 0 Å². The highest BCUT2D eigenvalue weighted by Crippen LogP contribution is 2.28. The third-order valence-corrected chi connectivity index (χ3v) is 3.36. The van der Waals surface area contributed by atoms with E-state index in [1.54, 1.807) is 6.07 Å². The minimum Gasteiger partial charge on any atom is -0.492 e. The molecule has 0 aliphatic carbocycles. The molecule has 0 radical (unpaired) electrons. The first kappa shape index (κ1) is 16.7. The largest absolute Gasteiger partial charge is 0.492 e. The summed E-state index contributed by atoms with van der Waals surface area (Å²) in [4.78, 5) is 12.5. The highest BCUT2D eigenvalue weighted by molar-refractivity contribution is 6.32. The van der Waals surface area contributed by atoms with Crippen molar-refractivity contribution in [1.29, 1.82) is 0 Å². The van der Waals surface area contributed by atoms with Crippen molar-refractivity contribution in [3.8, 4) is 5.75 Å². The molecule has 0 aliphatic rings. The van der Waals surface area contributed by atoms with Gasteiger partial charge in [-0.05, 0) is 33.8 Å². The van der Waals surface area contributed by atoms with Crippen LogP contribution in [0.4, 0.5) is 5.69 Å². The predicted molar refractivity (Wildman–Crippen MR) is 80.6 cm³/mol. The smallest absolute Gasteiger partial charge is 0.288 e. The fraction of sp³-hybridized carbons (Fsp3) is 0.571. The van der Waals surface area contributed by atoms with E-state index in [-0.39, 0.29) is 10.7 Å². The van der Waals surface area contributed by atoms with Crippen LogP contribution in [0.2, 0.25) is 5.02 Å². The van der Waals surface area contributed by atoms with E-state index in [2.05, 4.69) is 32.6 Å². The molecule has 0 spiro atoms. The van der Waals surface area contributed by atoms with Crippen molar-refractivity contribution < 1.29 is 9.66 Å². The van der Waals surface area contributed by atoms with E-state index in [0.717, 1.165) is 6.54 Å². The van der Waals surface area contributed by atoms with Gasteiger partial charge in [-0.3, -0.25) is 15.0 Å². The summed E-state index contributed by atoms with van der Waals surface area (Å²) < 4.78 is 5.60. The Bertz CT molecular complexity index is 456. The number of nitro benzene ring substituents is 1. The molecule has 0 aromatic heterocycles. The van der Waals surface area contributed by atoms with Crippen LogP contribution in [0.15, 0.2) is 18.2 Å². The molecule has 0 N–H and O–H groups in total. The van der Waals surface area contributed by atoms with Gasteiger partial charge in [0.2, 0.25) is 0 Å². The Kier molecular flexibility index (Phi) is 6.23. The molecule has 6 heteroatoms. The molecule has 0 saturated carbocycles. The van der Waals surface area contributed by atoms with Crippen LogP contribution >= 0.6 is 11.6 Å². The standard InChI is InChI=1S/C14H21ClN2O3/c1-10(2)16(11(3)4)7-8-20-12-5-6-14(17(18)19)13(15)9-12/h5-6,9-11H,7-8H2,1-4H3. The average Bonchev–Trinajstić information content (AvgIpc) is 2.33. The van der Waals surface area contributed by atoms with Crippen LogP contribution in [0.3, 0.4) is 0 Å². The van der Waals surface area contributed by atoms with Gasteiger partial charge in [0.25, 0.3) is 5.69 Å². The van der Waals surface area contributed by atoms with Gasteiger partial charge in [0, 0.05) is 30.8 Å². The van der Waals surface area contributed by atoms with Gasteiger partial charge in [-0.1, -0.05) is 11.6 Å². The lowest BCUT2D eigenvalue weighted by Gasteiger charge is -2.30. The molecule has 0 saturated heterocycles. The second-order valence-electron chi connectivity index (χ2n) is 5.14. The highest BCUT2D eigenvalue weighted by Gasteiger charge is 2.14. The Hall–Kier alpha value is -1.33. The number of rotatable bonds is 7. The van der Waals surface area contributed by atoms with Gasteiger partial charge in [-0.2, -0.15) is 0 Å². The number of ether oxygens (including phenoxy) is 1. The first-order valence-electron chi connectivity index (χ1n) is 6.65. The number of hydrogen-bond donors (Lipinski definition) is 0. The van der Waals surface area contributed by atoms with Gasteiger partial charge >= 0.3 is 0 Å². The SMILES string of the molecule is CC(C)N(CCOc1ccc([N+](=O)[O-])c(Cl)c1)C(C)C. The summed E-state index contributed by atoms with van der Waals surface area (Å²) in [6.07, 6.45) is 0. The Morgan fingerprint density at radius 1 is 1.30 bits per heavy atom. The Balaban J connectivity index is 2.58. The maximum absolute atomic E-state index is 10.7. The molecular weight excluding hydrogens is 280 g/mol. The lowest BCUT2D eigenvalue weighted by atomic mass is 10.2. The maximum atomic E-state index is 10.7. The molecule has 1 aromatic rings. The molecule has 1 aromatic carbocycles. The van der Waals surface area contributed by atoms with Crippen LogP contribution in [0, 0.1) is 10.1 Å². The predicted octanol–water partition coefficient (Wildman–Crippen LogP) is 3.75. The number of nitrogens with zero attached hydrogens (tertiary/aromatic N) is 2. The van der Waals surface area contributed by atoms with Gasteiger partial charge in [-0.15, -0.1) is 0 Å². The third kappa shape index (κ3) is 4.65. The average molecular weight is 301 g/mol. The fourth-order valence-corrected chi connectivity index (χ4v) is 2.35. The van der Waals surface area contributed by atoms with Crippen molar-refractivity contribution in [2.45, 2.75) is 39.8 Å². The topological polar surface area (TPSA) is 55.6 Å². The van der Waals surface area contributed by atoms with Crippen molar-refractivity contribution in [2.75, 3.05) is 13.2 Å². The van der Waals surface area contributed by atoms with Crippen LogP contribution in [0.5, 0.6) is 5.75 Å². The van der Waals surface area contributed by atoms with Crippen molar-refractivity contribution in [2.24, 2.45) is 0 Å². The third-order valence-electron chi connectivity index (χ3n) is 3.06. The Morgan fingerprint density at radius 2 is 1.90 bits per heavy atom. The number of hydrogen-bond acceptors (Lipinski definition) is 4. The second kappa shape index (κ2) is 7.45. The monoisotopic (exact) mass is 300 g/mol. The van der Waals surface area contributed by atoms with Gasteiger partial charge in [0.15, 0.2) is 0 Å². The minimum absolute atomic E-state index is 0.0945. The van der Waals surface area contributed by atoms with Crippen LogP contribution in [-0.4, -0.2) is 35.1 Å². The Labute approximate surface area is 124 Å². The van der Waals surface area contributed by atoms with Crippen molar-refractivity contribution >= 4 is 17.3 Å². The lowest BCUT2D eigenvalue weighted by molar-refractivity contribution is -0.384. The van der Waals surface area contributed by atoms with Crippen LogP contribution in [-0.2, 0) is 0 Å². The molecule has 5 nitrogen and oxygen atoms in total. The molecule has 0 unspecified atom stereocenters. The molecule has 0 atom stereocenters. The van der Waals surface area contributed by atoms with E-state index in [1.165, 1.54) is 12.1 Å². The second-order valence-corrected chi connectivity index (χ2v) is 5.55. The minimum atomic E-state index is -0.509. The van der Waals surface area contributed by atoms with Crippen LogP contribution in [0.1, 0.15) is 27.7 Å². The Morgan fingerprint density at radius 3 is 2.35 bits per heavy atom. The first-order chi connectivity index (χ1) is 9.32. The summed E-state index contributed by atoms with van der Waals surface area (Å²) in [6, 6.07) is 5.30. The zero-order valence-corrected chi connectivity index (χ0v) is 13.1. The molecule has 0 amide bonds. The molecule has 0 heterocycles. The summed E-state index contributed by atoms with van der Waals surface area (Å²) in [5.74, 6) is 0.549. The van der Waals surface area contributed by atoms with E-state index >= 15 is 0 Å². The van der Waals surface area contributed by atoms with E-state index in [0.29, 0.717) is 24.4 Å². The lowest BCUT2D eigenvalue weighted by Crippen LogP contribution is -2.39. The fourth-order valence-electron chi connectivity index (χ4n) is 2.11. The molecular formula is C14H21ClN2O3. The van der Waals surface area contributed by atoms with Gasteiger partial charge in [-0.25, -0.2) is 0 Å². The van der Waals surface area contributed by atoms with E-state index in [9.17, 15) is 10.1 Å². The summed E-state index contributed by atoms with van der Waals surface area (Å²) in [5.41, 5.74) is -0.106. The maximum Gasteiger partial charge on any atom is 0.288 e. The zero-order valence-electron chi connectivity index (χ0n) is 12.3. The van der Waals surface area contributed by atoms with E-state index < -0.39 is 4.92 Å². The number of nitro groups is 1. The van der Waals surface area contributed by atoms with Crippen LogP contribution < -0.4 is 4.74 Å². The van der Waals surface area contributed by atoms with E-state index in [4.69, 9.17) is 16.3 Å². The quantitative estimate of drug-likeness (QED) is 0.568.